The number of nitrogens with one attached hydrogen (secondary N) is 1. The summed E-state index contributed by atoms with van der Waals surface area (Å²) in [5.74, 6) is 0.125. The Hall–Kier alpha value is -2.02. The minimum absolute atomic E-state index is 0. The Balaban J connectivity index is 0.00000162. The highest BCUT2D eigenvalue weighted by Crippen LogP contribution is 2.09. The van der Waals surface area contributed by atoms with Crippen LogP contribution in [0.2, 0.25) is 0 Å². The van der Waals surface area contributed by atoms with Gasteiger partial charge in [-0.3, -0.25) is 14.2 Å². The van der Waals surface area contributed by atoms with Gasteiger partial charge in [0.1, 0.15) is 11.5 Å². The molecule has 0 bridgehead atoms. The normalized spacial score (nSPS) is 9.89. The number of amides is 1. The van der Waals surface area contributed by atoms with Crippen molar-refractivity contribution in [2.24, 2.45) is 19.8 Å². The van der Waals surface area contributed by atoms with Crippen LogP contribution in [0.4, 0.5) is 5.82 Å². The molecular weight excluding hydrogens is 256 g/mol. The molecule has 2 rings (SSSR count). The van der Waals surface area contributed by atoms with E-state index in [2.05, 4.69) is 15.5 Å². The average molecular weight is 271 g/mol. The predicted molar refractivity (Wildman–Crippen MR) is 69.5 cm³/mol. The molecule has 0 radical (unpaired) electrons. The molecule has 0 aliphatic heterocycles. The van der Waals surface area contributed by atoms with Crippen molar-refractivity contribution in [2.75, 3.05) is 5.32 Å². The molecule has 0 atom stereocenters. The van der Waals surface area contributed by atoms with Gasteiger partial charge >= 0.3 is 0 Å². The van der Waals surface area contributed by atoms with Gasteiger partial charge in [-0.2, -0.15) is 10.2 Å². The Bertz CT molecular complexity index is 546. The largest absolute Gasteiger partial charge is 0.364 e. The Morgan fingerprint density at radius 3 is 2.72 bits per heavy atom. The number of nitrogens with two attached hydrogens (primary N) is 1. The number of nitrogens with zero attached hydrogens (tertiary/aromatic N) is 4. The fourth-order valence-corrected chi connectivity index (χ4v) is 1.54. The first kappa shape index (κ1) is 14.0. The van der Waals surface area contributed by atoms with Crippen LogP contribution in [-0.2, 0) is 20.6 Å². The van der Waals surface area contributed by atoms with Gasteiger partial charge in [0.15, 0.2) is 0 Å². The summed E-state index contributed by atoms with van der Waals surface area (Å²) < 4.78 is 3.18. The van der Waals surface area contributed by atoms with Crippen molar-refractivity contribution >= 4 is 24.1 Å². The average Bonchev–Trinajstić information content (AvgIpc) is 2.82. The van der Waals surface area contributed by atoms with Gasteiger partial charge < -0.3 is 11.1 Å². The van der Waals surface area contributed by atoms with Crippen LogP contribution in [0, 0.1) is 0 Å². The number of primary amides is 1. The molecule has 2 aromatic heterocycles. The van der Waals surface area contributed by atoms with Crippen molar-refractivity contribution in [1.82, 2.24) is 19.6 Å². The van der Waals surface area contributed by atoms with Gasteiger partial charge in [0.2, 0.25) is 0 Å². The Morgan fingerprint density at radius 1 is 1.50 bits per heavy atom. The third kappa shape index (κ3) is 3.01. The maximum Gasteiger partial charge on any atom is 0.267 e. The van der Waals surface area contributed by atoms with Crippen LogP contribution in [-0.4, -0.2) is 25.5 Å². The SMILES string of the molecule is Cl.Cn1cc(CNc2cc(C(N)=O)n(C)n2)cn1. The minimum Gasteiger partial charge on any atom is -0.364 e. The smallest absolute Gasteiger partial charge is 0.267 e. The molecule has 0 aliphatic rings. The highest BCUT2D eigenvalue weighted by atomic mass is 35.5. The van der Waals surface area contributed by atoms with E-state index < -0.39 is 5.91 Å². The van der Waals surface area contributed by atoms with Crippen LogP contribution in [0.15, 0.2) is 18.5 Å². The van der Waals surface area contributed by atoms with Gasteiger partial charge in [-0.25, -0.2) is 0 Å². The molecule has 0 unspecified atom stereocenters. The van der Waals surface area contributed by atoms with Gasteiger partial charge in [-0.1, -0.05) is 0 Å². The lowest BCUT2D eigenvalue weighted by molar-refractivity contribution is 0.0991. The zero-order chi connectivity index (χ0) is 12.4. The van der Waals surface area contributed by atoms with E-state index in [4.69, 9.17) is 5.73 Å². The van der Waals surface area contributed by atoms with E-state index in [1.54, 1.807) is 24.0 Å². The van der Waals surface area contributed by atoms with Gasteiger partial charge in [0.25, 0.3) is 5.91 Å². The zero-order valence-corrected chi connectivity index (χ0v) is 10.9. The summed E-state index contributed by atoms with van der Waals surface area (Å²) in [7, 11) is 3.53. The lowest BCUT2D eigenvalue weighted by Crippen LogP contribution is -2.15. The monoisotopic (exact) mass is 270 g/mol. The second-order valence-electron chi connectivity index (χ2n) is 3.78. The molecule has 2 aromatic rings. The molecule has 7 nitrogen and oxygen atoms in total. The second kappa shape index (κ2) is 5.54. The molecule has 8 heteroatoms. The van der Waals surface area contributed by atoms with Crippen molar-refractivity contribution in [1.29, 1.82) is 0 Å². The molecule has 2 heterocycles. The summed E-state index contributed by atoms with van der Waals surface area (Å²) >= 11 is 0. The number of carbonyl (C=O) groups excluding carboxylic acids is 1. The van der Waals surface area contributed by atoms with E-state index in [9.17, 15) is 4.79 Å². The molecule has 0 saturated carbocycles. The summed E-state index contributed by atoms with van der Waals surface area (Å²) in [6.07, 6.45) is 3.68. The van der Waals surface area contributed by atoms with Gasteiger partial charge in [0, 0.05) is 38.5 Å². The maximum absolute atomic E-state index is 11.0. The lowest BCUT2D eigenvalue weighted by atomic mass is 10.3. The molecule has 3 N–H and O–H groups in total. The first-order chi connectivity index (χ1) is 8.06. The van der Waals surface area contributed by atoms with E-state index in [0.29, 0.717) is 18.1 Å². The Morgan fingerprint density at radius 2 is 2.22 bits per heavy atom. The number of anilines is 1. The van der Waals surface area contributed by atoms with E-state index in [1.807, 2.05) is 13.2 Å². The first-order valence-corrected chi connectivity index (χ1v) is 5.11. The summed E-state index contributed by atoms with van der Waals surface area (Å²) in [4.78, 5) is 11.0. The van der Waals surface area contributed by atoms with Crippen molar-refractivity contribution < 1.29 is 4.79 Å². The van der Waals surface area contributed by atoms with Gasteiger partial charge in [-0.05, 0) is 0 Å². The molecule has 0 aromatic carbocycles. The fourth-order valence-electron chi connectivity index (χ4n) is 1.54. The summed E-state index contributed by atoms with van der Waals surface area (Å²) in [6.45, 7) is 0.600. The highest BCUT2D eigenvalue weighted by Gasteiger charge is 2.09. The number of hydrogen-bond acceptors (Lipinski definition) is 4. The molecule has 0 saturated heterocycles. The Labute approximate surface area is 110 Å². The number of rotatable bonds is 4. The number of hydrogen-bond donors (Lipinski definition) is 2. The van der Waals surface area contributed by atoms with Crippen LogP contribution in [0.3, 0.4) is 0 Å². The van der Waals surface area contributed by atoms with Crippen LogP contribution in [0.25, 0.3) is 0 Å². The molecular formula is C10H15ClN6O. The number of halogens is 1. The Kier molecular flexibility index (Phi) is 4.33. The molecule has 1 amide bonds. The van der Waals surface area contributed by atoms with Crippen LogP contribution in [0.5, 0.6) is 0 Å². The fraction of sp³-hybridized carbons (Fsp3) is 0.300. The molecule has 0 fully saturated rings. The molecule has 0 spiro atoms. The van der Waals surface area contributed by atoms with Crippen molar-refractivity contribution in [2.45, 2.75) is 6.54 Å². The molecule has 18 heavy (non-hydrogen) atoms. The van der Waals surface area contributed by atoms with Crippen molar-refractivity contribution in [3.8, 4) is 0 Å². The first-order valence-electron chi connectivity index (χ1n) is 5.11. The van der Waals surface area contributed by atoms with E-state index in [0.717, 1.165) is 5.56 Å². The number of carbonyl (C=O) groups is 1. The van der Waals surface area contributed by atoms with E-state index in [-0.39, 0.29) is 12.4 Å². The summed E-state index contributed by atoms with van der Waals surface area (Å²) in [6, 6.07) is 1.62. The van der Waals surface area contributed by atoms with Crippen molar-refractivity contribution in [3.05, 3.63) is 29.7 Å². The quantitative estimate of drug-likeness (QED) is 0.835. The third-order valence-corrected chi connectivity index (χ3v) is 2.36. The number of aromatic nitrogens is 4. The zero-order valence-electron chi connectivity index (χ0n) is 10.1. The number of aryl methyl sites for hydroxylation is 2. The van der Waals surface area contributed by atoms with Crippen LogP contribution >= 0.6 is 12.4 Å². The lowest BCUT2D eigenvalue weighted by Gasteiger charge is -1.98. The van der Waals surface area contributed by atoms with Crippen LogP contribution in [0.1, 0.15) is 16.1 Å². The van der Waals surface area contributed by atoms with E-state index >= 15 is 0 Å². The topological polar surface area (TPSA) is 90.8 Å². The maximum atomic E-state index is 11.0. The van der Waals surface area contributed by atoms with Gasteiger partial charge in [0.05, 0.1) is 6.20 Å². The van der Waals surface area contributed by atoms with Crippen LogP contribution < -0.4 is 11.1 Å². The summed E-state index contributed by atoms with van der Waals surface area (Å²) in [5, 5.41) is 11.3. The molecule has 0 aliphatic carbocycles. The minimum atomic E-state index is -0.491. The molecule has 98 valence electrons. The van der Waals surface area contributed by atoms with E-state index in [1.165, 1.54) is 4.68 Å². The second-order valence-corrected chi connectivity index (χ2v) is 3.78. The van der Waals surface area contributed by atoms with Crippen molar-refractivity contribution in [3.63, 3.8) is 0 Å². The highest BCUT2D eigenvalue weighted by molar-refractivity contribution is 5.91. The van der Waals surface area contributed by atoms with Gasteiger partial charge in [-0.15, -0.1) is 12.4 Å². The predicted octanol–water partition coefficient (Wildman–Crippen LogP) is 0.286. The third-order valence-electron chi connectivity index (χ3n) is 2.36. The summed E-state index contributed by atoms with van der Waals surface area (Å²) in [5.41, 5.74) is 6.61. The standard InChI is InChI=1S/C10H14N6O.ClH/c1-15-6-7(5-13-15)4-12-9-3-8(10(11)17)16(2)14-9;/h3,5-6H,4H2,1-2H3,(H2,11,17)(H,12,14);1H.